The number of rotatable bonds is 7. The summed E-state index contributed by atoms with van der Waals surface area (Å²) in [6, 6.07) is 5.72. The van der Waals surface area contributed by atoms with Crippen molar-refractivity contribution in [1.29, 1.82) is 0 Å². The van der Waals surface area contributed by atoms with Crippen LogP contribution < -0.4 is 10.1 Å². The molecule has 1 amide bonds. The SMILES string of the molecule is Cc1nc(COc2cccc(C(=O)N[C@@H](C(=O)O)C(C)C)c2)cs1. The van der Waals surface area contributed by atoms with Crippen LogP contribution >= 0.6 is 11.3 Å². The Kier molecular flexibility index (Phi) is 5.92. The van der Waals surface area contributed by atoms with E-state index in [0.29, 0.717) is 17.9 Å². The number of aliphatic carboxylic acids is 1. The topological polar surface area (TPSA) is 88.5 Å². The first-order chi connectivity index (χ1) is 11.4. The van der Waals surface area contributed by atoms with Crippen molar-refractivity contribution >= 4 is 23.2 Å². The molecule has 24 heavy (non-hydrogen) atoms. The molecule has 0 saturated carbocycles. The smallest absolute Gasteiger partial charge is 0.326 e. The monoisotopic (exact) mass is 348 g/mol. The molecule has 0 saturated heterocycles. The number of nitrogens with one attached hydrogen (secondary N) is 1. The fourth-order valence-electron chi connectivity index (χ4n) is 2.10. The summed E-state index contributed by atoms with van der Waals surface area (Å²) in [4.78, 5) is 27.8. The molecule has 6 nitrogen and oxygen atoms in total. The molecular formula is C17H20N2O4S. The Morgan fingerprint density at radius 2 is 2.12 bits per heavy atom. The molecule has 0 spiro atoms. The number of hydrogen-bond donors (Lipinski definition) is 2. The van der Waals surface area contributed by atoms with Crippen LogP contribution in [0.5, 0.6) is 5.75 Å². The van der Waals surface area contributed by atoms with Crippen molar-refractivity contribution in [3.8, 4) is 5.75 Å². The number of ether oxygens (including phenoxy) is 1. The summed E-state index contributed by atoms with van der Waals surface area (Å²) >= 11 is 1.55. The lowest BCUT2D eigenvalue weighted by molar-refractivity contribution is -0.140. The predicted octanol–water partition coefficient (Wildman–Crippen LogP) is 2.87. The van der Waals surface area contributed by atoms with Gasteiger partial charge in [0.05, 0.1) is 10.7 Å². The van der Waals surface area contributed by atoms with Crippen molar-refractivity contribution < 1.29 is 19.4 Å². The third kappa shape index (κ3) is 4.79. The maximum absolute atomic E-state index is 12.3. The van der Waals surface area contributed by atoms with Crippen LogP contribution in [0.15, 0.2) is 29.6 Å². The Labute approximate surface area is 144 Å². The lowest BCUT2D eigenvalue weighted by Gasteiger charge is -2.18. The molecule has 1 heterocycles. The van der Waals surface area contributed by atoms with Crippen molar-refractivity contribution in [2.45, 2.75) is 33.4 Å². The number of carbonyl (C=O) groups is 2. The highest BCUT2D eigenvalue weighted by atomic mass is 32.1. The van der Waals surface area contributed by atoms with Crippen molar-refractivity contribution in [2.75, 3.05) is 0 Å². The predicted molar refractivity (Wildman–Crippen MR) is 91.4 cm³/mol. The minimum atomic E-state index is -1.05. The number of hydrogen-bond acceptors (Lipinski definition) is 5. The number of thiazole rings is 1. The molecular weight excluding hydrogens is 328 g/mol. The standard InChI is InChI=1S/C17H20N2O4S/c1-10(2)15(17(21)22)19-16(20)12-5-4-6-14(7-12)23-8-13-9-24-11(3)18-13/h4-7,9-10,15H,8H2,1-3H3,(H,19,20)(H,21,22)/t15-/m1/s1. The second-order valence-electron chi connectivity index (χ2n) is 5.71. The Hall–Kier alpha value is -2.41. The first-order valence-corrected chi connectivity index (χ1v) is 8.42. The van der Waals surface area contributed by atoms with E-state index in [1.54, 1.807) is 49.4 Å². The highest BCUT2D eigenvalue weighted by molar-refractivity contribution is 7.09. The third-order valence-corrected chi connectivity index (χ3v) is 4.19. The third-order valence-electron chi connectivity index (χ3n) is 3.37. The second-order valence-corrected chi connectivity index (χ2v) is 6.77. The molecule has 2 aromatic rings. The van der Waals surface area contributed by atoms with Crippen molar-refractivity contribution in [3.05, 3.63) is 45.9 Å². The van der Waals surface area contributed by atoms with Crippen LogP contribution in [0.3, 0.4) is 0 Å². The van der Waals surface area contributed by atoms with Crippen molar-refractivity contribution in [3.63, 3.8) is 0 Å². The van der Waals surface area contributed by atoms with Crippen LogP contribution in [0.4, 0.5) is 0 Å². The van der Waals surface area contributed by atoms with Gasteiger partial charge in [0, 0.05) is 10.9 Å². The molecule has 2 rings (SSSR count). The molecule has 1 atom stereocenters. The van der Waals surface area contributed by atoms with E-state index in [4.69, 9.17) is 9.84 Å². The number of benzene rings is 1. The number of aromatic nitrogens is 1. The largest absolute Gasteiger partial charge is 0.487 e. The maximum atomic E-state index is 12.3. The summed E-state index contributed by atoms with van der Waals surface area (Å²) in [5.41, 5.74) is 1.19. The average Bonchev–Trinajstić information content (AvgIpc) is 2.95. The fourth-order valence-corrected chi connectivity index (χ4v) is 2.69. The molecule has 0 aliphatic heterocycles. The van der Waals surface area contributed by atoms with Gasteiger partial charge < -0.3 is 15.2 Å². The van der Waals surface area contributed by atoms with Gasteiger partial charge in [0.15, 0.2) is 0 Å². The summed E-state index contributed by atoms with van der Waals surface area (Å²) in [5, 5.41) is 14.6. The van der Waals surface area contributed by atoms with E-state index in [-0.39, 0.29) is 5.92 Å². The highest BCUT2D eigenvalue weighted by Gasteiger charge is 2.24. The first kappa shape index (κ1) is 17.9. The summed E-state index contributed by atoms with van der Waals surface area (Å²) in [6.07, 6.45) is 0. The Morgan fingerprint density at radius 1 is 1.38 bits per heavy atom. The van der Waals surface area contributed by atoms with E-state index in [9.17, 15) is 9.59 Å². The van der Waals surface area contributed by atoms with E-state index in [2.05, 4.69) is 10.3 Å². The van der Waals surface area contributed by atoms with Gasteiger partial charge in [-0.2, -0.15) is 0 Å². The summed E-state index contributed by atoms with van der Waals surface area (Å²) in [6.45, 7) is 5.73. The Morgan fingerprint density at radius 3 is 2.71 bits per heavy atom. The number of carboxylic acid groups (broad SMARTS) is 1. The van der Waals surface area contributed by atoms with Crippen molar-refractivity contribution in [2.24, 2.45) is 5.92 Å². The van der Waals surface area contributed by atoms with Gasteiger partial charge in [-0.25, -0.2) is 9.78 Å². The van der Waals surface area contributed by atoms with Crippen LogP contribution in [0, 0.1) is 12.8 Å². The highest BCUT2D eigenvalue weighted by Crippen LogP contribution is 2.17. The van der Waals surface area contributed by atoms with Gasteiger partial charge >= 0.3 is 5.97 Å². The molecule has 1 aromatic heterocycles. The molecule has 0 radical (unpaired) electrons. The number of carboxylic acids is 1. The van der Waals surface area contributed by atoms with Gasteiger partial charge in [-0.1, -0.05) is 19.9 Å². The van der Waals surface area contributed by atoms with Crippen molar-refractivity contribution in [1.82, 2.24) is 10.3 Å². The molecule has 0 aliphatic rings. The van der Waals surface area contributed by atoms with Crippen LogP contribution in [0.25, 0.3) is 0 Å². The van der Waals surface area contributed by atoms with Crippen LogP contribution in [-0.4, -0.2) is 28.0 Å². The quantitative estimate of drug-likeness (QED) is 0.803. The second kappa shape index (κ2) is 7.92. The molecule has 2 N–H and O–H groups in total. The number of amides is 1. The molecule has 1 aromatic carbocycles. The molecule has 7 heteroatoms. The number of nitrogens with zero attached hydrogens (tertiary/aromatic N) is 1. The van der Waals surface area contributed by atoms with E-state index < -0.39 is 17.9 Å². The molecule has 128 valence electrons. The number of aryl methyl sites for hydroxylation is 1. The first-order valence-electron chi connectivity index (χ1n) is 7.54. The van der Waals surface area contributed by atoms with Gasteiger partial charge in [0.1, 0.15) is 18.4 Å². The van der Waals surface area contributed by atoms with E-state index in [1.807, 2.05) is 12.3 Å². The van der Waals surface area contributed by atoms with Gasteiger partial charge in [0.2, 0.25) is 0 Å². The zero-order chi connectivity index (χ0) is 17.7. The summed E-state index contributed by atoms with van der Waals surface area (Å²) in [7, 11) is 0. The zero-order valence-corrected chi connectivity index (χ0v) is 14.6. The van der Waals surface area contributed by atoms with Gasteiger partial charge in [-0.3, -0.25) is 4.79 Å². The Bertz CT molecular complexity index is 727. The normalized spacial score (nSPS) is 12.0. The summed E-state index contributed by atoms with van der Waals surface area (Å²) in [5.74, 6) is -1.17. The molecule has 0 aliphatic carbocycles. The molecule has 0 bridgehead atoms. The Balaban J connectivity index is 2.03. The zero-order valence-electron chi connectivity index (χ0n) is 13.8. The van der Waals surface area contributed by atoms with E-state index in [0.717, 1.165) is 10.7 Å². The summed E-state index contributed by atoms with van der Waals surface area (Å²) < 4.78 is 5.64. The average molecular weight is 348 g/mol. The van der Waals surface area contributed by atoms with Gasteiger partial charge in [0.25, 0.3) is 5.91 Å². The maximum Gasteiger partial charge on any atom is 0.326 e. The number of carbonyl (C=O) groups excluding carboxylic acids is 1. The van der Waals surface area contributed by atoms with Gasteiger partial charge in [-0.15, -0.1) is 11.3 Å². The minimum absolute atomic E-state index is 0.209. The lowest BCUT2D eigenvalue weighted by Crippen LogP contribution is -2.44. The van der Waals surface area contributed by atoms with E-state index in [1.165, 1.54) is 0 Å². The van der Waals surface area contributed by atoms with Gasteiger partial charge in [-0.05, 0) is 31.0 Å². The van der Waals surface area contributed by atoms with Crippen LogP contribution in [0.2, 0.25) is 0 Å². The lowest BCUT2D eigenvalue weighted by atomic mass is 10.0. The molecule has 0 fully saturated rings. The van der Waals surface area contributed by atoms with E-state index >= 15 is 0 Å². The van der Waals surface area contributed by atoms with Crippen LogP contribution in [-0.2, 0) is 11.4 Å². The minimum Gasteiger partial charge on any atom is -0.487 e. The molecule has 0 unspecified atom stereocenters. The fraction of sp³-hybridized carbons (Fsp3) is 0.353. The van der Waals surface area contributed by atoms with Crippen LogP contribution in [0.1, 0.15) is 34.9 Å².